The van der Waals surface area contributed by atoms with Crippen LogP contribution in [0.4, 0.5) is 0 Å². The van der Waals surface area contributed by atoms with E-state index in [0.717, 1.165) is 56.2 Å². The van der Waals surface area contributed by atoms with Crippen molar-refractivity contribution in [1.29, 1.82) is 0 Å². The Morgan fingerprint density at radius 2 is 1.93 bits per heavy atom. The van der Waals surface area contributed by atoms with Crippen molar-refractivity contribution in [2.75, 3.05) is 13.1 Å². The lowest BCUT2D eigenvalue weighted by atomic mass is 9.77. The van der Waals surface area contributed by atoms with Gasteiger partial charge in [0.1, 0.15) is 0 Å². The topological polar surface area (TPSA) is 59.2 Å². The summed E-state index contributed by atoms with van der Waals surface area (Å²) in [5, 5.41) is 13.2. The van der Waals surface area contributed by atoms with Gasteiger partial charge >= 0.3 is 0 Å². The Kier molecular flexibility index (Phi) is 5.37. The van der Waals surface area contributed by atoms with E-state index in [-0.39, 0.29) is 11.8 Å². The normalized spacial score (nSPS) is 21.1. The second kappa shape index (κ2) is 8.16. The molecule has 1 saturated carbocycles. The Hall–Kier alpha value is -2.18. The number of hydrogen-bond acceptors (Lipinski definition) is 5. The van der Waals surface area contributed by atoms with Crippen molar-refractivity contribution in [1.82, 2.24) is 15.1 Å². The van der Waals surface area contributed by atoms with Gasteiger partial charge in [-0.15, -0.1) is 10.2 Å². The molecule has 1 amide bonds. The predicted molar refractivity (Wildman–Crippen MR) is 118 cm³/mol. The fourth-order valence-corrected chi connectivity index (χ4v) is 5.70. The molecule has 2 aliphatic rings. The average Bonchev–Trinajstić information content (AvgIpc) is 3.55. The van der Waals surface area contributed by atoms with Crippen molar-refractivity contribution in [2.45, 2.75) is 49.9 Å². The SMILES string of the molecule is O=C(N1CCCC(c2nnc(-c3ccsc3)o2)C1)C1(c2ccc(Cl)cc2)CCCC1. The van der Waals surface area contributed by atoms with Crippen LogP contribution < -0.4 is 0 Å². The summed E-state index contributed by atoms with van der Waals surface area (Å²) in [4.78, 5) is 15.8. The maximum atomic E-state index is 13.8. The number of likely N-dealkylation sites (tertiary alicyclic amines) is 1. The average molecular weight is 442 g/mol. The van der Waals surface area contributed by atoms with E-state index >= 15 is 0 Å². The van der Waals surface area contributed by atoms with Crippen molar-refractivity contribution in [2.24, 2.45) is 0 Å². The van der Waals surface area contributed by atoms with Crippen LogP contribution in [0.5, 0.6) is 0 Å². The molecule has 7 heteroatoms. The first kappa shape index (κ1) is 19.8. The molecule has 1 aliphatic heterocycles. The Morgan fingerprint density at radius 3 is 2.67 bits per heavy atom. The Balaban J connectivity index is 1.37. The van der Waals surface area contributed by atoms with E-state index in [1.54, 1.807) is 11.3 Å². The summed E-state index contributed by atoms with van der Waals surface area (Å²) in [6, 6.07) is 9.83. The third-order valence-corrected chi connectivity index (χ3v) is 7.47. The molecule has 5 rings (SSSR count). The molecule has 1 atom stereocenters. The molecule has 5 nitrogen and oxygen atoms in total. The molecular weight excluding hydrogens is 418 g/mol. The van der Waals surface area contributed by atoms with Gasteiger partial charge in [0, 0.05) is 29.1 Å². The zero-order chi connectivity index (χ0) is 20.6. The van der Waals surface area contributed by atoms with Crippen LogP contribution in [-0.4, -0.2) is 34.1 Å². The van der Waals surface area contributed by atoms with E-state index in [4.69, 9.17) is 16.0 Å². The number of aromatic nitrogens is 2. The Bertz CT molecular complexity index is 1010. The van der Waals surface area contributed by atoms with E-state index in [9.17, 15) is 4.79 Å². The molecule has 1 saturated heterocycles. The number of nitrogens with zero attached hydrogens (tertiary/aromatic N) is 3. The van der Waals surface area contributed by atoms with Crippen LogP contribution in [-0.2, 0) is 10.2 Å². The minimum absolute atomic E-state index is 0.0891. The summed E-state index contributed by atoms with van der Waals surface area (Å²) in [5.41, 5.74) is 1.62. The highest BCUT2D eigenvalue weighted by molar-refractivity contribution is 7.08. The van der Waals surface area contributed by atoms with Crippen molar-refractivity contribution < 1.29 is 9.21 Å². The molecule has 0 radical (unpaired) electrons. The maximum absolute atomic E-state index is 13.8. The second-order valence-electron chi connectivity index (χ2n) is 8.34. The molecule has 2 aromatic heterocycles. The molecule has 0 spiro atoms. The van der Waals surface area contributed by atoms with Gasteiger partial charge in [-0.1, -0.05) is 36.6 Å². The highest BCUT2D eigenvalue weighted by atomic mass is 35.5. The van der Waals surface area contributed by atoms with Crippen LogP contribution >= 0.6 is 22.9 Å². The molecule has 1 unspecified atom stereocenters. The number of halogens is 1. The summed E-state index contributed by atoms with van der Waals surface area (Å²) in [5.74, 6) is 1.53. The molecular formula is C23H24ClN3O2S. The van der Waals surface area contributed by atoms with E-state index in [1.165, 1.54) is 0 Å². The summed E-state index contributed by atoms with van der Waals surface area (Å²) in [6.45, 7) is 1.43. The first-order chi connectivity index (χ1) is 14.7. The maximum Gasteiger partial charge on any atom is 0.248 e. The highest BCUT2D eigenvalue weighted by Gasteiger charge is 2.46. The number of benzene rings is 1. The van der Waals surface area contributed by atoms with Gasteiger partial charge in [0.2, 0.25) is 17.7 Å². The first-order valence-corrected chi connectivity index (χ1v) is 11.9. The van der Waals surface area contributed by atoms with Crippen LogP contribution in [0.3, 0.4) is 0 Å². The molecule has 1 aromatic carbocycles. The third kappa shape index (κ3) is 3.56. The largest absolute Gasteiger partial charge is 0.420 e. The minimum Gasteiger partial charge on any atom is -0.420 e. The van der Waals surface area contributed by atoms with Crippen LogP contribution in [0, 0.1) is 0 Å². The number of thiophene rings is 1. The van der Waals surface area contributed by atoms with Gasteiger partial charge < -0.3 is 9.32 Å². The summed E-state index contributed by atoms with van der Waals surface area (Å²) >= 11 is 7.71. The predicted octanol–water partition coefficient (Wildman–Crippen LogP) is 5.67. The quantitative estimate of drug-likeness (QED) is 0.523. The van der Waals surface area contributed by atoms with Gasteiger partial charge in [-0.2, -0.15) is 11.3 Å². The van der Waals surface area contributed by atoms with Gasteiger partial charge in [-0.25, -0.2) is 0 Å². The number of carbonyl (C=O) groups is 1. The zero-order valence-corrected chi connectivity index (χ0v) is 18.3. The Labute approximate surface area is 185 Å². The van der Waals surface area contributed by atoms with E-state index in [0.29, 0.717) is 23.3 Å². The van der Waals surface area contributed by atoms with Crippen molar-refractivity contribution in [3.8, 4) is 11.5 Å². The first-order valence-electron chi connectivity index (χ1n) is 10.6. The molecule has 0 bridgehead atoms. The van der Waals surface area contributed by atoms with Gasteiger partial charge in [-0.3, -0.25) is 4.79 Å². The number of carbonyl (C=O) groups excluding carboxylic acids is 1. The van der Waals surface area contributed by atoms with Crippen molar-refractivity contribution >= 4 is 28.8 Å². The van der Waals surface area contributed by atoms with Gasteiger partial charge in [-0.05, 0) is 54.8 Å². The molecule has 3 aromatic rings. The lowest BCUT2D eigenvalue weighted by Gasteiger charge is -2.38. The van der Waals surface area contributed by atoms with E-state index < -0.39 is 5.41 Å². The fourth-order valence-electron chi connectivity index (χ4n) is 4.94. The van der Waals surface area contributed by atoms with Crippen LogP contribution in [0.2, 0.25) is 5.02 Å². The monoisotopic (exact) mass is 441 g/mol. The third-order valence-electron chi connectivity index (χ3n) is 6.53. The lowest BCUT2D eigenvalue weighted by Crippen LogP contribution is -2.49. The van der Waals surface area contributed by atoms with Crippen molar-refractivity contribution in [3.63, 3.8) is 0 Å². The number of hydrogen-bond donors (Lipinski definition) is 0. The standard InChI is InChI=1S/C23H24ClN3O2S/c24-19-7-5-18(6-8-19)23(10-1-2-11-23)22(28)27-12-3-4-16(14-27)20-25-26-21(29-20)17-9-13-30-15-17/h5-9,13,15-16H,1-4,10-12,14H2. The summed E-state index contributed by atoms with van der Waals surface area (Å²) in [7, 11) is 0. The molecule has 2 fully saturated rings. The molecule has 3 heterocycles. The van der Waals surface area contributed by atoms with E-state index in [1.807, 2.05) is 46.0 Å². The molecule has 156 valence electrons. The van der Waals surface area contributed by atoms with Crippen LogP contribution in [0.1, 0.15) is 55.9 Å². The molecule has 1 aliphatic carbocycles. The summed E-state index contributed by atoms with van der Waals surface area (Å²) in [6.07, 6.45) is 5.87. The summed E-state index contributed by atoms with van der Waals surface area (Å²) < 4.78 is 5.98. The molecule has 30 heavy (non-hydrogen) atoms. The number of amides is 1. The smallest absolute Gasteiger partial charge is 0.248 e. The van der Waals surface area contributed by atoms with Crippen LogP contribution in [0.25, 0.3) is 11.5 Å². The van der Waals surface area contributed by atoms with Gasteiger partial charge in [0.25, 0.3) is 0 Å². The Morgan fingerprint density at radius 1 is 1.13 bits per heavy atom. The fraction of sp³-hybridized carbons (Fsp3) is 0.435. The second-order valence-corrected chi connectivity index (χ2v) is 9.56. The highest BCUT2D eigenvalue weighted by Crippen LogP contribution is 2.44. The van der Waals surface area contributed by atoms with Crippen molar-refractivity contribution in [3.05, 3.63) is 57.6 Å². The van der Waals surface area contributed by atoms with E-state index in [2.05, 4.69) is 10.2 Å². The van der Waals surface area contributed by atoms with Gasteiger partial charge in [0.15, 0.2) is 0 Å². The lowest BCUT2D eigenvalue weighted by molar-refractivity contribution is -0.138. The molecule has 0 N–H and O–H groups in total. The minimum atomic E-state index is -0.427. The van der Waals surface area contributed by atoms with Crippen LogP contribution in [0.15, 0.2) is 45.5 Å². The van der Waals surface area contributed by atoms with Gasteiger partial charge in [0.05, 0.1) is 11.3 Å². The number of piperidine rings is 1. The zero-order valence-electron chi connectivity index (χ0n) is 16.7. The number of rotatable bonds is 4.